The van der Waals surface area contributed by atoms with E-state index >= 15 is 0 Å². The van der Waals surface area contributed by atoms with E-state index in [4.69, 9.17) is 20.8 Å². The van der Waals surface area contributed by atoms with Gasteiger partial charge in [0, 0.05) is 24.0 Å². The second-order valence-corrected chi connectivity index (χ2v) is 8.17. The van der Waals surface area contributed by atoms with Gasteiger partial charge in [0.25, 0.3) is 0 Å². The molecule has 1 aliphatic heterocycles. The van der Waals surface area contributed by atoms with Gasteiger partial charge < -0.3 is 9.15 Å². The molecule has 2 aromatic carbocycles. The summed E-state index contributed by atoms with van der Waals surface area (Å²) < 4.78 is 25.6. The van der Waals surface area contributed by atoms with Crippen molar-refractivity contribution in [2.45, 2.75) is 38.6 Å². The van der Waals surface area contributed by atoms with Crippen LogP contribution in [-0.4, -0.2) is 18.2 Å². The summed E-state index contributed by atoms with van der Waals surface area (Å²) in [4.78, 5) is 14.7. The van der Waals surface area contributed by atoms with Gasteiger partial charge in [-0.25, -0.2) is 9.18 Å². The Kier molecular flexibility index (Phi) is 4.80. The Labute approximate surface area is 172 Å². The lowest BCUT2D eigenvalue weighted by molar-refractivity contribution is 0.0966. The lowest BCUT2D eigenvalue weighted by Gasteiger charge is -2.30. The first-order valence-electron chi connectivity index (χ1n) is 10.0. The molecule has 0 atom stereocenters. The molecule has 0 radical (unpaired) electrons. The fraction of sp³-hybridized carbons (Fsp3) is 0.348. The minimum atomic E-state index is -0.250. The van der Waals surface area contributed by atoms with E-state index in [2.05, 4.69) is 4.90 Å². The average molecular weight is 414 g/mol. The highest BCUT2D eigenvalue weighted by atomic mass is 35.5. The maximum atomic E-state index is 13.9. The van der Waals surface area contributed by atoms with Gasteiger partial charge in [-0.1, -0.05) is 29.8 Å². The zero-order valence-corrected chi connectivity index (χ0v) is 16.7. The molecule has 2 aliphatic rings. The molecule has 6 heteroatoms. The molecule has 0 spiro atoms. The first-order chi connectivity index (χ1) is 14.1. The average Bonchev–Trinajstić information content (AvgIpc) is 2.74. The van der Waals surface area contributed by atoms with Gasteiger partial charge in [-0.05, 0) is 55.4 Å². The van der Waals surface area contributed by atoms with Crippen molar-refractivity contribution in [3.63, 3.8) is 0 Å². The minimum absolute atomic E-state index is 0.197. The number of nitrogens with zero attached hydrogens (tertiary/aromatic N) is 1. The van der Waals surface area contributed by atoms with E-state index in [0.29, 0.717) is 48.2 Å². The van der Waals surface area contributed by atoms with E-state index < -0.39 is 0 Å². The highest BCUT2D eigenvalue weighted by Gasteiger charge is 2.27. The lowest BCUT2D eigenvalue weighted by atomic mass is 9.90. The fourth-order valence-electron chi connectivity index (χ4n) is 4.44. The Morgan fingerprint density at radius 2 is 1.90 bits per heavy atom. The number of hydrogen-bond acceptors (Lipinski definition) is 4. The van der Waals surface area contributed by atoms with Crippen molar-refractivity contribution in [3.8, 4) is 5.75 Å². The molecule has 1 aromatic heterocycles. The number of rotatable bonds is 3. The van der Waals surface area contributed by atoms with Gasteiger partial charge in [0.05, 0.1) is 10.6 Å². The topological polar surface area (TPSA) is 42.7 Å². The number of halogens is 2. The number of ether oxygens (including phenoxy) is 1. The first kappa shape index (κ1) is 18.6. The van der Waals surface area contributed by atoms with Crippen LogP contribution in [0.2, 0.25) is 5.02 Å². The molecule has 0 saturated heterocycles. The summed E-state index contributed by atoms with van der Waals surface area (Å²) in [5, 5.41) is 1.46. The van der Waals surface area contributed by atoms with Crippen LogP contribution in [0.15, 0.2) is 39.5 Å². The van der Waals surface area contributed by atoms with Crippen molar-refractivity contribution in [2.24, 2.45) is 0 Å². The lowest BCUT2D eigenvalue weighted by Crippen LogP contribution is -2.34. The fourth-order valence-corrected chi connectivity index (χ4v) is 4.72. The van der Waals surface area contributed by atoms with Crippen LogP contribution in [0.3, 0.4) is 0 Å². The molecule has 2 heterocycles. The maximum Gasteiger partial charge on any atom is 0.339 e. The van der Waals surface area contributed by atoms with Crippen LogP contribution < -0.4 is 10.4 Å². The Bertz CT molecular complexity index is 1160. The van der Waals surface area contributed by atoms with E-state index in [1.54, 1.807) is 12.1 Å². The smallest absolute Gasteiger partial charge is 0.339 e. The molecule has 5 rings (SSSR count). The van der Waals surface area contributed by atoms with Gasteiger partial charge >= 0.3 is 5.63 Å². The molecule has 29 heavy (non-hydrogen) atoms. The van der Waals surface area contributed by atoms with E-state index in [9.17, 15) is 9.18 Å². The predicted molar refractivity (Wildman–Crippen MR) is 110 cm³/mol. The van der Waals surface area contributed by atoms with Crippen molar-refractivity contribution in [3.05, 3.63) is 73.8 Å². The van der Waals surface area contributed by atoms with E-state index in [-0.39, 0.29) is 11.4 Å². The van der Waals surface area contributed by atoms with E-state index in [1.165, 1.54) is 6.07 Å². The third kappa shape index (κ3) is 3.32. The molecule has 3 aromatic rings. The van der Waals surface area contributed by atoms with Crippen LogP contribution >= 0.6 is 11.6 Å². The van der Waals surface area contributed by atoms with E-state index in [0.717, 1.165) is 47.8 Å². The summed E-state index contributed by atoms with van der Waals surface area (Å²) in [6.45, 7) is 1.54. The van der Waals surface area contributed by atoms with Gasteiger partial charge in [-0.2, -0.15) is 0 Å². The standard InChI is InChI=1S/C23H21ClFNO3/c24-19-11-17-15-6-2-3-7-16(15)23(27)29-21(17)18-12-26(13-28-22(18)19)10-9-14-5-1-4-8-20(14)25/h1,4-5,8,11H,2-3,6-7,9-10,12-13H2. The molecule has 0 N–H and O–H groups in total. The number of benzene rings is 2. The Balaban J connectivity index is 1.50. The van der Waals surface area contributed by atoms with Crippen LogP contribution in [0.5, 0.6) is 5.75 Å². The second kappa shape index (κ2) is 7.47. The van der Waals surface area contributed by atoms with Crippen LogP contribution in [0, 0.1) is 5.82 Å². The van der Waals surface area contributed by atoms with Crippen molar-refractivity contribution >= 4 is 22.6 Å². The quantitative estimate of drug-likeness (QED) is 0.575. The zero-order chi connectivity index (χ0) is 20.0. The molecule has 1 aliphatic carbocycles. The van der Waals surface area contributed by atoms with Gasteiger partial charge in [-0.3, -0.25) is 4.90 Å². The highest BCUT2D eigenvalue weighted by Crippen LogP contribution is 2.40. The summed E-state index contributed by atoms with van der Waals surface area (Å²) in [6, 6.07) is 8.67. The maximum absolute atomic E-state index is 13.9. The number of aryl methyl sites for hydroxylation is 1. The SMILES string of the molecule is O=c1oc2c3c(c(Cl)cc2c2c1CCCC2)OCN(CCc1ccccc1F)C3. The van der Waals surface area contributed by atoms with Gasteiger partial charge in [0.2, 0.25) is 0 Å². The monoisotopic (exact) mass is 413 g/mol. The molecule has 0 bridgehead atoms. The summed E-state index contributed by atoms with van der Waals surface area (Å²) >= 11 is 6.53. The largest absolute Gasteiger partial charge is 0.476 e. The normalized spacial score (nSPS) is 16.3. The Hall–Kier alpha value is -2.37. The Morgan fingerprint density at radius 3 is 2.72 bits per heavy atom. The van der Waals surface area contributed by atoms with E-state index in [1.807, 2.05) is 12.1 Å². The summed E-state index contributed by atoms with van der Waals surface area (Å²) in [5.74, 6) is 0.386. The van der Waals surface area contributed by atoms with Crippen LogP contribution in [0.25, 0.3) is 11.0 Å². The minimum Gasteiger partial charge on any atom is -0.476 e. The predicted octanol–water partition coefficient (Wildman–Crippen LogP) is 4.86. The van der Waals surface area contributed by atoms with Gasteiger partial charge in [0.15, 0.2) is 0 Å². The molecule has 0 saturated carbocycles. The van der Waals surface area contributed by atoms with Crippen LogP contribution in [0.4, 0.5) is 4.39 Å². The van der Waals surface area contributed by atoms with Crippen molar-refractivity contribution in [2.75, 3.05) is 13.3 Å². The molecule has 0 fully saturated rings. The molecule has 150 valence electrons. The summed E-state index contributed by atoms with van der Waals surface area (Å²) in [5.41, 5.74) is 3.65. The van der Waals surface area contributed by atoms with Crippen molar-refractivity contribution < 1.29 is 13.5 Å². The summed E-state index contributed by atoms with van der Waals surface area (Å²) in [7, 11) is 0. The molecular formula is C23H21ClFNO3. The Morgan fingerprint density at radius 1 is 1.10 bits per heavy atom. The third-order valence-corrected chi connectivity index (χ3v) is 6.22. The van der Waals surface area contributed by atoms with Crippen molar-refractivity contribution in [1.82, 2.24) is 4.90 Å². The first-order valence-corrected chi connectivity index (χ1v) is 10.4. The van der Waals surface area contributed by atoms with Crippen LogP contribution in [0.1, 0.15) is 35.1 Å². The highest BCUT2D eigenvalue weighted by molar-refractivity contribution is 6.33. The number of hydrogen-bond donors (Lipinski definition) is 0. The molecule has 4 nitrogen and oxygen atoms in total. The van der Waals surface area contributed by atoms with Gasteiger partial charge in [-0.15, -0.1) is 0 Å². The molecule has 0 amide bonds. The van der Waals surface area contributed by atoms with Crippen molar-refractivity contribution in [1.29, 1.82) is 0 Å². The number of fused-ring (bicyclic) bond motifs is 5. The molecular weight excluding hydrogens is 393 g/mol. The zero-order valence-electron chi connectivity index (χ0n) is 16.0. The van der Waals surface area contributed by atoms with Crippen LogP contribution in [-0.2, 0) is 25.8 Å². The second-order valence-electron chi connectivity index (χ2n) is 7.76. The van der Waals surface area contributed by atoms with Gasteiger partial charge in [0.1, 0.15) is 23.9 Å². The third-order valence-electron chi connectivity index (χ3n) is 5.94. The molecule has 0 unspecified atom stereocenters. The summed E-state index contributed by atoms with van der Waals surface area (Å²) in [6.07, 6.45) is 4.27.